The molecule has 1 heterocycles. The zero-order valence-electron chi connectivity index (χ0n) is 18.6. The summed E-state index contributed by atoms with van der Waals surface area (Å²) in [7, 11) is 0. The maximum Gasteiger partial charge on any atom is 0.338 e. The fraction of sp³-hybridized carbons (Fsp3) is 0.440. The van der Waals surface area contributed by atoms with E-state index in [-0.39, 0.29) is 12.0 Å². The van der Waals surface area contributed by atoms with E-state index in [4.69, 9.17) is 9.47 Å². The highest BCUT2D eigenvalue weighted by atomic mass is 16.5. The van der Waals surface area contributed by atoms with Crippen LogP contribution in [0.4, 0.5) is 11.4 Å². The lowest BCUT2D eigenvalue weighted by Crippen LogP contribution is -2.30. The van der Waals surface area contributed by atoms with E-state index in [0.717, 1.165) is 18.7 Å². The highest BCUT2D eigenvalue weighted by Crippen LogP contribution is 2.22. The van der Waals surface area contributed by atoms with Crippen LogP contribution in [0.3, 0.4) is 0 Å². The van der Waals surface area contributed by atoms with Gasteiger partial charge in [-0.3, -0.25) is 4.79 Å². The Labute approximate surface area is 184 Å². The van der Waals surface area contributed by atoms with Crippen LogP contribution >= 0.6 is 0 Å². The van der Waals surface area contributed by atoms with Crippen LogP contribution < -0.4 is 10.2 Å². The van der Waals surface area contributed by atoms with E-state index in [2.05, 4.69) is 10.2 Å². The van der Waals surface area contributed by atoms with Gasteiger partial charge in [-0.15, -0.1) is 0 Å². The van der Waals surface area contributed by atoms with Gasteiger partial charge in [0, 0.05) is 24.5 Å². The summed E-state index contributed by atoms with van der Waals surface area (Å²) in [5.74, 6) is -0.888. The Kier molecular flexibility index (Phi) is 8.06. The number of ether oxygens (including phenoxy) is 2. The van der Waals surface area contributed by atoms with Crippen molar-refractivity contribution in [3.8, 4) is 0 Å². The van der Waals surface area contributed by atoms with Gasteiger partial charge >= 0.3 is 5.97 Å². The van der Waals surface area contributed by atoms with Crippen LogP contribution in [0.5, 0.6) is 0 Å². The Morgan fingerprint density at radius 2 is 1.58 bits per heavy atom. The van der Waals surface area contributed by atoms with Crippen LogP contribution in [0.2, 0.25) is 0 Å². The zero-order chi connectivity index (χ0) is 22.2. The topological polar surface area (TPSA) is 67.9 Å². The van der Waals surface area contributed by atoms with E-state index in [1.807, 2.05) is 50.2 Å². The number of nitrogens with zero attached hydrogens (tertiary/aromatic N) is 1. The van der Waals surface area contributed by atoms with Gasteiger partial charge in [-0.05, 0) is 82.0 Å². The fourth-order valence-corrected chi connectivity index (χ4v) is 3.43. The predicted molar refractivity (Wildman–Crippen MR) is 122 cm³/mol. The van der Waals surface area contributed by atoms with Crippen molar-refractivity contribution in [2.75, 3.05) is 23.3 Å². The van der Waals surface area contributed by atoms with Crippen molar-refractivity contribution < 1.29 is 19.1 Å². The number of nitrogens with one attached hydrogen (secondary N) is 1. The van der Waals surface area contributed by atoms with Crippen LogP contribution in [0.1, 0.15) is 56.0 Å². The fourth-order valence-electron chi connectivity index (χ4n) is 3.43. The van der Waals surface area contributed by atoms with Gasteiger partial charge in [0.2, 0.25) is 0 Å². The molecule has 1 atom stereocenters. The number of anilines is 2. The second-order valence-electron chi connectivity index (χ2n) is 8.19. The third kappa shape index (κ3) is 6.82. The lowest BCUT2D eigenvalue weighted by molar-refractivity contribution is -0.123. The predicted octanol–water partition coefficient (Wildman–Crippen LogP) is 4.79. The van der Waals surface area contributed by atoms with Crippen molar-refractivity contribution >= 4 is 23.3 Å². The molecule has 6 heteroatoms. The van der Waals surface area contributed by atoms with E-state index < -0.39 is 12.1 Å². The Balaban J connectivity index is 1.49. The van der Waals surface area contributed by atoms with E-state index in [1.165, 1.54) is 24.9 Å². The lowest BCUT2D eigenvalue weighted by Gasteiger charge is -2.28. The summed E-state index contributed by atoms with van der Waals surface area (Å²) in [6.45, 7) is 8.15. The average molecular weight is 425 g/mol. The quantitative estimate of drug-likeness (QED) is 0.618. The Bertz CT molecular complexity index is 856. The molecule has 6 nitrogen and oxygen atoms in total. The normalized spacial score (nSPS) is 14.9. The number of hydrogen-bond acceptors (Lipinski definition) is 5. The molecule has 2 aromatic rings. The summed E-state index contributed by atoms with van der Waals surface area (Å²) in [6.07, 6.45) is 2.96. The van der Waals surface area contributed by atoms with Gasteiger partial charge in [0.25, 0.3) is 5.91 Å². The summed E-state index contributed by atoms with van der Waals surface area (Å²) in [4.78, 5) is 27.2. The maximum absolute atomic E-state index is 12.5. The Morgan fingerprint density at radius 1 is 0.935 bits per heavy atom. The first-order chi connectivity index (χ1) is 14.9. The second-order valence-corrected chi connectivity index (χ2v) is 8.19. The van der Waals surface area contributed by atoms with Crippen molar-refractivity contribution in [1.29, 1.82) is 0 Å². The molecule has 1 aliphatic rings. The van der Waals surface area contributed by atoms with Gasteiger partial charge in [-0.2, -0.15) is 0 Å². The SMILES string of the molecule is CC(C)OCc1ccc(C(=O)O[C@@H](C)C(=O)Nc2ccc(N3CCCCC3)cc2)cc1. The minimum atomic E-state index is -0.904. The molecule has 0 aliphatic carbocycles. The van der Waals surface area contributed by atoms with Crippen LogP contribution in [0, 0.1) is 0 Å². The third-order valence-corrected chi connectivity index (χ3v) is 5.28. The molecule has 0 saturated carbocycles. The monoisotopic (exact) mass is 424 g/mol. The molecule has 3 rings (SSSR count). The van der Waals surface area contributed by atoms with Crippen LogP contribution in [0.15, 0.2) is 48.5 Å². The molecule has 1 saturated heterocycles. The molecule has 0 bridgehead atoms. The highest BCUT2D eigenvalue weighted by Gasteiger charge is 2.19. The van der Waals surface area contributed by atoms with Crippen LogP contribution in [-0.2, 0) is 20.9 Å². The minimum absolute atomic E-state index is 0.143. The molecule has 166 valence electrons. The first-order valence-electron chi connectivity index (χ1n) is 11.0. The number of amides is 1. The average Bonchev–Trinajstić information content (AvgIpc) is 2.79. The third-order valence-electron chi connectivity index (χ3n) is 5.28. The lowest BCUT2D eigenvalue weighted by atomic mass is 10.1. The van der Waals surface area contributed by atoms with Gasteiger partial charge < -0.3 is 19.7 Å². The Hall–Kier alpha value is -2.86. The molecule has 1 N–H and O–H groups in total. The number of rotatable bonds is 8. The van der Waals surface area contributed by atoms with Gasteiger partial charge in [0.05, 0.1) is 18.3 Å². The number of esters is 1. The molecule has 0 unspecified atom stereocenters. The van der Waals surface area contributed by atoms with Gasteiger partial charge in [-0.1, -0.05) is 12.1 Å². The second kappa shape index (κ2) is 11.0. The molecule has 2 aromatic carbocycles. The van der Waals surface area contributed by atoms with E-state index in [1.54, 1.807) is 19.1 Å². The summed E-state index contributed by atoms with van der Waals surface area (Å²) in [5, 5.41) is 2.81. The van der Waals surface area contributed by atoms with Crippen molar-refractivity contribution in [2.45, 2.75) is 58.8 Å². The van der Waals surface area contributed by atoms with Crippen LogP contribution in [0.25, 0.3) is 0 Å². The molecule has 0 aromatic heterocycles. The first-order valence-corrected chi connectivity index (χ1v) is 11.0. The maximum atomic E-state index is 12.5. The van der Waals surface area contributed by atoms with E-state index in [9.17, 15) is 9.59 Å². The van der Waals surface area contributed by atoms with Crippen molar-refractivity contribution in [3.05, 3.63) is 59.7 Å². The number of piperidine rings is 1. The van der Waals surface area contributed by atoms with Crippen molar-refractivity contribution in [2.24, 2.45) is 0 Å². The minimum Gasteiger partial charge on any atom is -0.449 e. The summed E-state index contributed by atoms with van der Waals surface area (Å²) in [6, 6.07) is 14.8. The van der Waals surface area contributed by atoms with Crippen molar-refractivity contribution in [3.63, 3.8) is 0 Å². The first kappa shape index (κ1) is 22.8. The van der Waals surface area contributed by atoms with E-state index in [0.29, 0.717) is 17.9 Å². The van der Waals surface area contributed by atoms with Crippen molar-refractivity contribution in [1.82, 2.24) is 0 Å². The number of carbonyl (C=O) groups is 2. The highest BCUT2D eigenvalue weighted by molar-refractivity contribution is 5.97. The van der Waals surface area contributed by atoms with Gasteiger partial charge in [-0.25, -0.2) is 4.79 Å². The molecule has 1 fully saturated rings. The summed E-state index contributed by atoms with van der Waals surface area (Å²) < 4.78 is 10.9. The number of hydrogen-bond donors (Lipinski definition) is 1. The summed E-state index contributed by atoms with van der Waals surface area (Å²) in [5.41, 5.74) is 3.23. The molecular formula is C25H32N2O4. The molecular weight excluding hydrogens is 392 g/mol. The summed E-state index contributed by atoms with van der Waals surface area (Å²) >= 11 is 0. The van der Waals surface area contributed by atoms with E-state index >= 15 is 0 Å². The molecule has 1 amide bonds. The Morgan fingerprint density at radius 3 is 2.19 bits per heavy atom. The largest absolute Gasteiger partial charge is 0.449 e. The van der Waals surface area contributed by atoms with Gasteiger partial charge in [0.1, 0.15) is 0 Å². The molecule has 1 aliphatic heterocycles. The number of carbonyl (C=O) groups excluding carboxylic acids is 2. The van der Waals surface area contributed by atoms with Crippen LogP contribution in [-0.4, -0.2) is 37.2 Å². The molecule has 31 heavy (non-hydrogen) atoms. The van der Waals surface area contributed by atoms with Gasteiger partial charge in [0.15, 0.2) is 6.10 Å². The smallest absolute Gasteiger partial charge is 0.338 e. The molecule has 0 radical (unpaired) electrons. The molecule has 0 spiro atoms. The standard InChI is InChI=1S/C25H32N2O4/c1-18(2)30-17-20-7-9-21(10-8-20)25(29)31-19(3)24(28)26-22-11-13-23(14-12-22)27-15-5-4-6-16-27/h7-14,18-19H,4-6,15-17H2,1-3H3,(H,26,28)/t19-/m0/s1. The zero-order valence-corrected chi connectivity index (χ0v) is 18.6. The number of benzene rings is 2.